The summed E-state index contributed by atoms with van der Waals surface area (Å²) in [6.07, 6.45) is 5.72. The van der Waals surface area contributed by atoms with Gasteiger partial charge in [-0.3, -0.25) is 0 Å². The van der Waals surface area contributed by atoms with Crippen molar-refractivity contribution in [2.24, 2.45) is 0 Å². The standard InChI is InChI=1S/C12H12N/c1-2-3-6-10-9-13-12-8-5-4-7-11(10)12/h1-2,4-5,7-9,13H,3,6H2. The lowest BCUT2D eigenvalue weighted by molar-refractivity contribution is 1.01. The largest absolute Gasteiger partial charge is 0.361 e. The molecule has 0 fully saturated rings. The molecule has 2 aromatic rings. The van der Waals surface area contributed by atoms with Gasteiger partial charge in [0.1, 0.15) is 0 Å². The molecule has 2 rings (SSSR count). The number of aromatic nitrogens is 1. The number of rotatable bonds is 3. The summed E-state index contributed by atoms with van der Waals surface area (Å²) in [6.45, 7) is 5.35. The maximum absolute atomic E-state index is 5.35. The number of H-pyrrole nitrogens is 1. The van der Waals surface area contributed by atoms with Gasteiger partial charge in [-0.05, 0) is 24.5 Å². The van der Waals surface area contributed by atoms with Crippen LogP contribution in [-0.4, -0.2) is 4.98 Å². The number of para-hydroxylation sites is 1. The first-order valence-electron chi connectivity index (χ1n) is 4.50. The van der Waals surface area contributed by atoms with Gasteiger partial charge < -0.3 is 4.98 Å². The van der Waals surface area contributed by atoms with Crippen molar-refractivity contribution in [2.75, 3.05) is 0 Å². The van der Waals surface area contributed by atoms with Crippen LogP contribution in [0.5, 0.6) is 0 Å². The van der Waals surface area contributed by atoms with Crippen LogP contribution < -0.4 is 0 Å². The highest BCUT2D eigenvalue weighted by molar-refractivity contribution is 5.82. The van der Waals surface area contributed by atoms with E-state index >= 15 is 0 Å². The lowest BCUT2D eigenvalue weighted by atomic mass is 10.1. The zero-order valence-electron chi connectivity index (χ0n) is 7.46. The average Bonchev–Trinajstić information content (AvgIpc) is 2.58. The van der Waals surface area contributed by atoms with E-state index in [4.69, 9.17) is 6.58 Å². The topological polar surface area (TPSA) is 15.8 Å². The molecule has 0 unspecified atom stereocenters. The molecule has 1 aromatic carbocycles. The maximum atomic E-state index is 5.35. The maximum Gasteiger partial charge on any atom is 0.0456 e. The minimum Gasteiger partial charge on any atom is -0.361 e. The number of fused-ring (bicyclic) bond motifs is 1. The number of hydrogen-bond donors (Lipinski definition) is 1. The third-order valence-corrected chi connectivity index (χ3v) is 2.26. The molecule has 1 heterocycles. The summed E-state index contributed by atoms with van der Waals surface area (Å²) >= 11 is 0. The van der Waals surface area contributed by atoms with Gasteiger partial charge in [0, 0.05) is 17.1 Å². The normalized spacial score (nSPS) is 10.5. The van der Waals surface area contributed by atoms with Crippen molar-refractivity contribution in [3.05, 3.63) is 48.7 Å². The molecule has 0 spiro atoms. The van der Waals surface area contributed by atoms with Crippen LogP contribution in [0.15, 0.2) is 36.5 Å². The highest BCUT2D eigenvalue weighted by Gasteiger charge is 2.00. The lowest BCUT2D eigenvalue weighted by Crippen LogP contribution is -1.79. The number of allylic oxidation sites excluding steroid dienone is 1. The van der Waals surface area contributed by atoms with Gasteiger partial charge in [0.2, 0.25) is 0 Å². The molecule has 1 heteroatoms. The first-order valence-corrected chi connectivity index (χ1v) is 4.50. The van der Waals surface area contributed by atoms with Crippen molar-refractivity contribution >= 4 is 10.9 Å². The third kappa shape index (κ3) is 1.50. The van der Waals surface area contributed by atoms with Crippen molar-refractivity contribution in [2.45, 2.75) is 12.8 Å². The fourth-order valence-corrected chi connectivity index (χ4v) is 1.58. The summed E-state index contributed by atoms with van der Waals surface area (Å²) in [5.41, 5.74) is 2.55. The van der Waals surface area contributed by atoms with Crippen molar-refractivity contribution in [3.63, 3.8) is 0 Å². The summed E-state index contributed by atoms with van der Waals surface area (Å²) in [4.78, 5) is 3.24. The molecule has 0 aliphatic carbocycles. The fraction of sp³-hybridized carbons (Fsp3) is 0.167. The molecule has 1 N–H and O–H groups in total. The number of benzene rings is 1. The van der Waals surface area contributed by atoms with Gasteiger partial charge in [0.05, 0.1) is 0 Å². The van der Waals surface area contributed by atoms with E-state index < -0.39 is 0 Å². The fourth-order valence-electron chi connectivity index (χ4n) is 1.58. The number of hydrogen-bond acceptors (Lipinski definition) is 0. The van der Waals surface area contributed by atoms with E-state index in [0.29, 0.717) is 0 Å². The minimum atomic E-state index is 0.932. The molecule has 0 amide bonds. The van der Waals surface area contributed by atoms with E-state index in [2.05, 4.69) is 29.4 Å². The van der Waals surface area contributed by atoms with E-state index in [0.717, 1.165) is 12.8 Å². The van der Waals surface area contributed by atoms with Gasteiger partial charge in [-0.25, -0.2) is 0 Å². The molecule has 0 saturated heterocycles. The molecular weight excluding hydrogens is 158 g/mol. The number of nitrogens with one attached hydrogen (secondary N) is 1. The molecule has 65 valence electrons. The van der Waals surface area contributed by atoms with E-state index in [1.54, 1.807) is 6.08 Å². The van der Waals surface area contributed by atoms with Gasteiger partial charge >= 0.3 is 0 Å². The second-order valence-corrected chi connectivity index (χ2v) is 3.13. The second-order valence-electron chi connectivity index (χ2n) is 3.13. The second kappa shape index (κ2) is 3.48. The first-order chi connectivity index (χ1) is 6.42. The summed E-state index contributed by atoms with van der Waals surface area (Å²) < 4.78 is 0. The molecule has 1 radical (unpaired) electrons. The van der Waals surface area contributed by atoms with Crippen LogP contribution >= 0.6 is 0 Å². The van der Waals surface area contributed by atoms with E-state index in [-0.39, 0.29) is 0 Å². The predicted octanol–water partition coefficient (Wildman–Crippen LogP) is 3.09. The number of aromatic amines is 1. The molecule has 1 aromatic heterocycles. The molecule has 13 heavy (non-hydrogen) atoms. The highest BCUT2D eigenvalue weighted by atomic mass is 14.7. The first kappa shape index (κ1) is 8.11. The van der Waals surface area contributed by atoms with Crippen LogP contribution in [0.1, 0.15) is 12.0 Å². The zero-order chi connectivity index (χ0) is 9.10. The van der Waals surface area contributed by atoms with E-state index in [1.165, 1.54) is 16.5 Å². The molecule has 0 aliphatic heterocycles. The molecule has 1 nitrogen and oxygen atoms in total. The van der Waals surface area contributed by atoms with Crippen LogP contribution in [0.4, 0.5) is 0 Å². The van der Waals surface area contributed by atoms with Crippen molar-refractivity contribution < 1.29 is 0 Å². The Morgan fingerprint density at radius 3 is 3.00 bits per heavy atom. The van der Waals surface area contributed by atoms with Crippen molar-refractivity contribution in [1.29, 1.82) is 0 Å². The molecule has 0 atom stereocenters. The van der Waals surface area contributed by atoms with Crippen LogP contribution in [-0.2, 0) is 6.42 Å². The van der Waals surface area contributed by atoms with Gasteiger partial charge in [-0.15, -0.1) is 0 Å². The minimum absolute atomic E-state index is 0.932. The lowest BCUT2D eigenvalue weighted by Gasteiger charge is -1.94. The Morgan fingerprint density at radius 1 is 1.31 bits per heavy atom. The average molecular weight is 170 g/mol. The quantitative estimate of drug-likeness (QED) is 0.728. The Hall–Kier alpha value is -1.50. The molecule has 0 bridgehead atoms. The SMILES string of the molecule is [CH]=CCCc1c[nH]c2ccccc12. The van der Waals surface area contributed by atoms with Gasteiger partial charge in [-0.1, -0.05) is 30.9 Å². The summed E-state index contributed by atoms with van der Waals surface area (Å²) in [5.74, 6) is 0. The van der Waals surface area contributed by atoms with Gasteiger partial charge in [0.15, 0.2) is 0 Å². The third-order valence-electron chi connectivity index (χ3n) is 2.26. The summed E-state index contributed by atoms with van der Waals surface area (Å²) in [7, 11) is 0. The van der Waals surface area contributed by atoms with Crippen molar-refractivity contribution in [3.8, 4) is 0 Å². The summed E-state index contributed by atoms with van der Waals surface area (Å²) in [6, 6.07) is 8.33. The van der Waals surface area contributed by atoms with E-state index in [1.807, 2.05) is 6.07 Å². The monoisotopic (exact) mass is 170 g/mol. The Morgan fingerprint density at radius 2 is 2.15 bits per heavy atom. The Bertz CT molecular complexity index is 412. The van der Waals surface area contributed by atoms with Crippen LogP contribution in [0.3, 0.4) is 0 Å². The number of aryl methyl sites for hydroxylation is 1. The van der Waals surface area contributed by atoms with Gasteiger partial charge in [0.25, 0.3) is 0 Å². The van der Waals surface area contributed by atoms with Crippen LogP contribution in [0.2, 0.25) is 0 Å². The van der Waals surface area contributed by atoms with Crippen LogP contribution in [0.25, 0.3) is 10.9 Å². The zero-order valence-corrected chi connectivity index (χ0v) is 7.46. The van der Waals surface area contributed by atoms with E-state index in [9.17, 15) is 0 Å². The van der Waals surface area contributed by atoms with Gasteiger partial charge in [-0.2, -0.15) is 0 Å². The van der Waals surface area contributed by atoms with Crippen molar-refractivity contribution in [1.82, 2.24) is 4.98 Å². The Labute approximate surface area is 78.1 Å². The predicted molar refractivity (Wildman–Crippen MR) is 55.5 cm³/mol. The molecule has 0 aliphatic rings. The molecular formula is C12H12N. The van der Waals surface area contributed by atoms with Crippen LogP contribution in [0, 0.1) is 6.58 Å². The molecule has 0 saturated carbocycles. The Balaban J connectivity index is 2.40. The Kier molecular flexibility index (Phi) is 2.17. The summed E-state index contributed by atoms with van der Waals surface area (Å²) in [5, 5.41) is 1.31. The smallest absolute Gasteiger partial charge is 0.0456 e. The highest BCUT2D eigenvalue weighted by Crippen LogP contribution is 2.18.